The second-order valence-electron chi connectivity index (χ2n) is 9.39. The number of nitrogens with zero attached hydrogens (tertiary/aromatic N) is 3. The van der Waals surface area contributed by atoms with Crippen molar-refractivity contribution in [3.05, 3.63) is 119 Å². The van der Waals surface area contributed by atoms with Gasteiger partial charge in [-0.1, -0.05) is 77.9 Å². The number of aryl methyl sites for hydroxylation is 2. The smallest absolute Gasteiger partial charge is 0.198 e. The van der Waals surface area contributed by atoms with Gasteiger partial charge in [-0.3, -0.25) is 9.69 Å². The zero-order chi connectivity index (χ0) is 26.6. The first-order valence-electron chi connectivity index (χ1n) is 12.6. The van der Waals surface area contributed by atoms with Crippen LogP contribution in [0.1, 0.15) is 35.3 Å². The summed E-state index contributed by atoms with van der Waals surface area (Å²) in [6.07, 6.45) is -0.486. The van der Waals surface area contributed by atoms with Crippen LogP contribution in [0.15, 0.2) is 102 Å². The first kappa shape index (κ1) is 25.1. The van der Waals surface area contributed by atoms with Crippen molar-refractivity contribution in [2.24, 2.45) is 5.10 Å². The van der Waals surface area contributed by atoms with Crippen LogP contribution >= 0.6 is 0 Å². The average Bonchev–Trinajstić information content (AvgIpc) is 3.34. The first-order valence-corrected chi connectivity index (χ1v) is 12.6. The van der Waals surface area contributed by atoms with Crippen LogP contribution in [0.25, 0.3) is 0 Å². The number of hydrogen-bond acceptors (Lipinski definition) is 6. The molecule has 0 saturated carbocycles. The van der Waals surface area contributed by atoms with Crippen molar-refractivity contribution in [3.63, 3.8) is 0 Å². The minimum Gasteiger partial charge on any atom is -0.493 e. The van der Waals surface area contributed by atoms with Crippen LogP contribution in [0, 0.1) is 13.8 Å². The van der Waals surface area contributed by atoms with Gasteiger partial charge in [0.15, 0.2) is 29.3 Å². The molecule has 6 heteroatoms. The van der Waals surface area contributed by atoms with Crippen LogP contribution in [0.5, 0.6) is 11.5 Å². The molecule has 0 radical (unpaired) electrons. The fourth-order valence-electron chi connectivity index (χ4n) is 4.59. The Kier molecular flexibility index (Phi) is 7.13. The highest BCUT2D eigenvalue weighted by Gasteiger charge is 2.41. The highest BCUT2D eigenvalue weighted by atomic mass is 16.5. The standard InChI is InChI=1S/C32H31N3O3/c1-22-13-17-26(18-14-22)34-31(24(3)36)33-35(27-19-15-23(2)16-20-27)32(34)28-11-8-12-29(37-4)30(28)38-21-25-9-6-5-7-10-25/h5-20,32H,21H2,1-4H3. The Morgan fingerprint density at radius 1 is 0.816 bits per heavy atom. The van der Waals surface area contributed by atoms with Gasteiger partial charge < -0.3 is 9.47 Å². The molecule has 0 spiro atoms. The topological polar surface area (TPSA) is 54.4 Å². The van der Waals surface area contributed by atoms with Crippen LogP contribution in [-0.2, 0) is 11.4 Å². The summed E-state index contributed by atoms with van der Waals surface area (Å²) in [6, 6.07) is 32.1. The molecule has 192 valence electrons. The number of ketones is 1. The highest BCUT2D eigenvalue weighted by molar-refractivity contribution is 6.44. The largest absolute Gasteiger partial charge is 0.493 e. The minimum absolute atomic E-state index is 0.125. The summed E-state index contributed by atoms with van der Waals surface area (Å²) in [7, 11) is 1.64. The molecule has 1 unspecified atom stereocenters. The third kappa shape index (κ3) is 4.98. The maximum atomic E-state index is 13.0. The molecule has 0 bridgehead atoms. The summed E-state index contributed by atoms with van der Waals surface area (Å²) in [5.74, 6) is 1.46. The maximum absolute atomic E-state index is 13.0. The van der Waals surface area contributed by atoms with E-state index in [1.807, 2.05) is 121 Å². The van der Waals surface area contributed by atoms with E-state index in [-0.39, 0.29) is 5.78 Å². The Bertz CT molecular complexity index is 1450. The number of benzene rings is 4. The molecule has 4 aromatic rings. The molecule has 38 heavy (non-hydrogen) atoms. The number of hydrogen-bond donors (Lipinski definition) is 0. The second-order valence-corrected chi connectivity index (χ2v) is 9.39. The Labute approximate surface area is 223 Å². The van der Waals surface area contributed by atoms with Crippen molar-refractivity contribution < 1.29 is 14.3 Å². The lowest BCUT2D eigenvalue weighted by atomic mass is 10.1. The van der Waals surface area contributed by atoms with E-state index in [2.05, 4.69) is 0 Å². The Morgan fingerprint density at radius 3 is 2.05 bits per heavy atom. The van der Waals surface area contributed by atoms with E-state index in [0.717, 1.165) is 33.6 Å². The third-order valence-electron chi connectivity index (χ3n) is 6.57. The second kappa shape index (κ2) is 10.8. The molecule has 5 rings (SSSR count). The van der Waals surface area contributed by atoms with Gasteiger partial charge in [0.05, 0.1) is 12.8 Å². The molecule has 0 aromatic heterocycles. The molecule has 0 fully saturated rings. The first-order chi connectivity index (χ1) is 18.5. The predicted molar refractivity (Wildman–Crippen MR) is 152 cm³/mol. The molecule has 0 aliphatic carbocycles. The van der Waals surface area contributed by atoms with Crippen LogP contribution in [-0.4, -0.2) is 18.7 Å². The van der Waals surface area contributed by atoms with Crippen LogP contribution in [0.4, 0.5) is 11.4 Å². The van der Waals surface area contributed by atoms with E-state index in [1.165, 1.54) is 0 Å². The molecule has 1 aliphatic rings. The lowest BCUT2D eigenvalue weighted by Gasteiger charge is -2.33. The maximum Gasteiger partial charge on any atom is 0.198 e. The molecule has 1 heterocycles. The summed E-state index contributed by atoms with van der Waals surface area (Å²) in [6.45, 7) is 6.01. The van der Waals surface area contributed by atoms with Crippen LogP contribution in [0.2, 0.25) is 0 Å². The van der Waals surface area contributed by atoms with E-state index in [9.17, 15) is 4.79 Å². The van der Waals surface area contributed by atoms with Crippen molar-refractivity contribution in [2.75, 3.05) is 17.0 Å². The molecule has 0 amide bonds. The van der Waals surface area contributed by atoms with Gasteiger partial charge in [0.1, 0.15) is 6.61 Å². The molecule has 6 nitrogen and oxygen atoms in total. The molecular weight excluding hydrogens is 474 g/mol. The van der Waals surface area contributed by atoms with Gasteiger partial charge in [-0.25, -0.2) is 5.01 Å². The SMILES string of the molecule is COc1cccc(C2N(c3ccc(C)cc3)N=C(C(C)=O)N2c2ccc(C)cc2)c1OCc1ccccc1. The van der Waals surface area contributed by atoms with Crippen molar-refractivity contribution >= 4 is 23.0 Å². The van der Waals surface area contributed by atoms with Gasteiger partial charge in [0.2, 0.25) is 0 Å². The van der Waals surface area contributed by atoms with Crippen molar-refractivity contribution in [2.45, 2.75) is 33.5 Å². The number of anilines is 2. The number of methoxy groups -OCH3 is 1. The lowest BCUT2D eigenvalue weighted by Crippen LogP contribution is -2.38. The zero-order valence-corrected chi connectivity index (χ0v) is 22.1. The van der Waals surface area contributed by atoms with Gasteiger partial charge in [-0.05, 0) is 49.7 Å². The summed E-state index contributed by atoms with van der Waals surface area (Å²) in [5.41, 5.74) is 5.88. The molecule has 4 aromatic carbocycles. The summed E-state index contributed by atoms with van der Waals surface area (Å²) in [4.78, 5) is 14.9. The lowest BCUT2D eigenvalue weighted by molar-refractivity contribution is -0.111. The van der Waals surface area contributed by atoms with Crippen molar-refractivity contribution in [3.8, 4) is 11.5 Å². The molecule has 1 atom stereocenters. The fourth-order valence-corrected chi connectivity index (χ4v) is 4.59. The van der Waals surface area contributed by atoms with Crippen molar-refractivity contribution in [1.82, 2.24) is 0 Å². The number of Topliss-reactive ketones (excluding diaryl/α,β-unsaturated/α-hetero) is 1. The normalized spacial score (nSPS) is 14.8. The number of rotatable bonds is 8. The monoisotopic (exact) mass is 505 g/mol. The van der Waals surface area contributed by atoms with E-state index in [1.54, 1.807) is 14.0 Å². The number of para-hydroxylation sites is 1. The molecule has 0 saturated heterocycles. The zero-order valence-electron chi connectivity index (χ0n) is 22.1. The van der Waals surface area contributed by atoms with Gasteiger partial charge in [0.25, 0.3) is 0 Å². The van der Waals surface area contributed by atoms with Crippen LogP contribution < -0.4 is 19.4 Å². The van der Waals surface area contributed by atoms with E-state index >= 15 is 0 Å². The Morgan fingerprint density at radius 2 is 1.45 bits per heavy atom. The summed E-state index contributed by atoms with van der Waals surface area (Å²) in [5, 5.41) is 6.76. The summed E-state index contributed by atoms with van der Waals surface area (Å²) < 4.78 is 12.2. The Balaban J connectivity index is 1.68. The fraction of sp³-hybridized carbons (Fsp3) is 0.188. The highest BCUT2D eigenvalue weighted by Crippen LogP contribution is 2.45. The van der Waals surface area contributed by atoms with Crippen molar-refractivity contribution in [1.29, 1.82) is 0 Å². The Hall–Kier alpha value is -4.58. The van der Waals surface area contributed by atoms with Gasteiger partial charge >= 0.3 is 0 Å². The van der Waals surface area contributed by atoms with Gasteiger partial charge in [-0.15, -0.1) is 5.10 Å². The van der Waals surface area contributed by atoms with Crippen LogP contribution in [0.3, 0.4) is 0 Å². The van der Waals surface area contributed by atoms with Gasteiger partial charge in [-0.2, -0.15) is 0 Å². The summed E-state index contributed by atoms with van der Waals surface area (Å²) >= 11 is 0. The quantitative estimate of drug-likeness (QED) is 0.263. The minimum atomic E-state index is -0.486. The van der Waals surface area contributed by atoms with E-state index < -0.39 is 6.17 Å². The number of hydrazone groups is 1. The average molecular weight is 506 g/mol. The molecule has 1 aliphatic heterocycles. The van der Waals surface area contributed by atoms with E-state index in [4.69, 9.17) is 14.6 Å². The molecular formula is C32H31N3O3. The van der Waals surface area contributed by atoms with E-state index in [0.29, 0.717) is 23.9 Å². The third-order valence-corrected chi connectivity index (χ3v) is 6.57. The molecule has 0 N–H and O–H groups in total. The predicted octanol–water partition coefficient (Wildman–Crippen LogP) is 6.82. The number of amidine groups is 1. The number of ether oxygens (including phenoxy) is 2. The van der Waals surface area contributed by atoms with Gasteiger partial charge in [0, 0.05) is 18.2 Å². The number of carbonyl (C=O) groups excluding carboxylic acids is 1. The number of carbonyl (C=O) groups is 1.